The zero-order valence-corrected chi connectivity index (χ0v) is 33.0. The molecule has 0 aliphatic carbocycles. The molecule has 2 aromatic carbocycles. The first-order valence-electron chi connectivity index (χ1n) is 17.6. The lowest BCUT2D eigenvalue weighted by Crippen LogP contribution is -2.74. The fourth-order valence-electron chi connectivity index (χ4n) is 5.06. The van der Waals surface area contributed by atoms with Crippen LogP contribution in [-0.2, 0) is 18.9 Å². The average molecular weight is 738 g/mol. The third-order valence-corrected chi connectivity index (χ3v) is 7.14. The third-order valence-electron chi connectivity index (χ3n) is 7.14. The molecule has 0 aromatic heterocycles. The number of hydrogen-bond donors (Lipinski definition) is 3. The number of carbonyl (C=O) groups excluding carboxylic acids is 4. The molecule has 0 bridgehead atoms. The van der Waals surface area contributed by atoms with Crippen molar-refractivity contribution in [3.63, 3.8) is 0 Å². The summed E-state index contributed by atoms with van der Waals surface area (Å²) in [6, 6.07) is 14.7. The van der Waals surface area contributed by atoms with Gasteiger partial charge in [-0.25, -0.2) is 29.2 Å². The molecule has 53 heavy (non-hydrogen) atoms. The van der Waals surface area contributed by atoms with Gasteiger partial charge in [-0.1, -0.05) is 0 Å². The van der Waals surface area contributed by atoms with E-state index in [9.17, 15) is 19.2 Å². The van der Waals surface area contributed by atoms with Crippen LogP contribution in [0.25, 0.3) is 0 Å². The van der Waals surface area contributed by atoms with Crippen LogP contribution in [0, 0.1) is 0 Å². The summed E-state index contributed by atoms with van der Waals surface area (Å²) >= 11 is 0. The summed E-state index contributed by atoms with van der Waals surface area (Å²) in [5.74, 6) is 0.487. The Labute approximate surface area is 311 Å². The van der Waals surface area contributed by atoms with Crippen molar-refractivity contribution in [3.8, 4) is 0 Å². The third kappa shape index (κ3) is 11.8. The molecule has 0 spiro atoms. The second-order valence-electron chi connectivity index (χ2n) is 16.7. The lowest BCUT2D eigenvalue weighted by atomic mass is 10.2. The van der Waals surface area contributed by atoms with Gasteiger partial charge in [-0.15, -0.1) is 0 Å². The molecule has 288 valence electrons. The van der Waals surface area contributed by atoms with Gasteiger partial charge in [0, 0.05) is 11.4 Å². The largest absolute Gasteiger partial charge is 0.479 e. The minimum absolute atomic E-state index is 0.234. The van der Waals surface area contributed by atoms with Crippen LogP contribution in [0.3, 0.4) is 0 Å². The highest BCUT2D eigenvalue weighted by atomic mass is 16.6. The number of ether oxygens (including phenoxy) is 4. The van der Waals surface area contributed by atoms with Gasteiger partial charge < -0.3 is 24.3 Å². The fraction of sp³-hybridized carbons (Fsp3) is 0.526. The molecule has 0 radical (unpaired) electrons. The number of hydrogen-bond acceptors (Lipinski definition) is 9. The Hall–Kier alpha value is -5.34. The summed E-state index contributed by atoms with van der Waals surface area (Å²) in [7, 11) is 0. The van der Waals surface area contributed by atoms with E-state index in [2.05, 4.69) is 15.3 Å². The fourth-order valence-corrected chi connectivity index (χ4v) is 5.06. The molecule has 3 N–H and O–H groups in total. The summed E-state index contributed by atoms with van der Waals surface area (Å²) in [5.41, 5.74) is -0.0771. The van der Waals surface area contributed by atoms with Crippen molar-refractivity contribution < 1.29 is 48.1 Å². The van der Waals surface area contributed by atoms with Gasteiger partial charge >= 0.3 is 36.3 Å². The van der Waals surface area contributed by atoms with E-state index in [4.69, 9.17) is 18.9 Å². The highest BCUT2D eigenvalue weighted by Crippen LogP contribution is 2.21. The molecule has 4 amide bonds. The van der Waals surface area contributed by atoms with E-state index in [1.807, 2.05) is 48.5 Å². The second-order valence-corrected chi connectivity index (χ2v) is 16.7. The van der Waals surface area contributed by atoms with Crippen LogP contribution < -0.4 is 15.3 Å². The van der Waals surface area contributed by atoms with Crippen molar-refractivity contribution in [1.29, 1.82) is 0 Å². The Bertz CT molecular complexity index is 1520. The Morgan fingerprint density at radius 1 is 0.453 bits per heavy atom. The minimum Gasteiger partial charge on any atom is -0.432 e. The van der Waals surface area contributed by atoms with Crippen LogP contribution in [0.5, 0.6) is 0 Å². The standard InChI is InChI=1S/C38H53N7O8/c1-35(2,3)50-31(46)42-21-22-43(32(47)51-36(4,5)6)29(42)40-27-17-13-25(14-18-27)39-26-15-19-28(20-16-26)41-30-44(33(48)52-37(7,8)9)23-24-45(30)34(49)53-38(10,11)12/h13-20,39H,21-24H2,1-12H3/p+2. The number of guanidine groups is 2. The summed E-state index contributed by atoms with van der Waals surface area (Å²) < 4.78 is 22.4. The number of amides is 4. The van der Waals surface area contributed by atoms with E-state index in [-0.39, 0.29) is 38.1 Å². The monoisotopic (exact) mass is 737 g/mol. The van der Waals surface area contributed by atoms with Crippen molar-refractivity contribution in [2.24, 2.45) is 0 Å². The number of rotatable bonds is 4. The van der Waals surface area contributed by atoms with Crippen LogP contribution in [0.15, 0.2) is 48.5 Å². The molecule has 0 saturated carbocycles. The molecule has 2 aromatic rings. The van der Waals surface area contributed by atoms with Crippen LogP contribution in [0.1, 0.15) is 83.1 Å². The minimum atomic E-state index is -0.723. The molecule has 2 aliphatic heterocycles. The number of benzene rings is 2. The maximum atomic E-state index is 13.1. The van der Waals surface area contributed by atoms with E-state index in [1.54, 1.807) is 83.1 Å². The van der Waals surface area contributed by atoms with E-state index >= 15 is 0 Å². The lowest BCUT2D eigenvalue weighted by Gasteiger charge is -2.23. The molecular formula is C38H55N7O8+2. The maximum Gasteiger partial charge on any atom is 0.479 e. The molecule has 2 aliphatic rings. The number of carbonyl (C=O) groups is 4. The smallest absolute Gasteiger partial charge is 0.432 e. The van der Waals surface area contributed by atoms with Gasteiger partial charge in [0.1, 0.15) is 48.6 Å². The van der Waals surface area contributed by atoms with E-state index in [0.29, 0.717) is 11.4 Å². The zero-order chi connectivity index (χ0) is 39.5. The lowest BCUT2D eigenvalue weighted by molar-refractivity contribution is -0.366. The number of anilines is 2. The molecule has 2 fully saturated rings. The van der Waals surface area contributed by atoms with E-state index in [1.165, 1.54) is 19.6 Å². The Morgan fingerprint density at radius 2 is 0.679 bits per heavy atom. The van der Waals surface area contributed by atoms with Crippen LogP contribution >= 0.6 is 0 Å². The molecular weight excluding hydrogens is 682 g/mol. The topological polar surface area (TPSA) is 158 Å². The predicted octanol–water partition coefficient (Wildman–Crippen LogP) is 4.54. The van der Waals surface area contributed by atoms with Crippen molar-refractivity contribution in [2.75, 3.05) is 31.5 Å². The van der Waals surface area contributed by atoms with Gasteiger partial charge in [0.2, 0.25) is 0 Å². The zero-order valence-electron chi connectivity index (χ0n) is 33.0. The maximum absolute atomic E-state index is 13.1. The predicted molar refractivity (Wildman–Crippen MR) is 199 cm³/mol. The highest BCUT2D eigenvalue weighted by molar-refractivity contribution is 6.01. The Balaban J connectivity index is 1.54. The summed E-state index contributed by atoms with van der Waals surface area (Å²) in [5, 5.41) is 3.35. The van der Waals surface area contributed by atoms with Crippen molar-refractivity contribution >= 4 is 59.0 Å². The van der Waals surface area contributed by atoms with Gasteiger partial charge in [0.15, 0.2) is 0 Å². The van der Waals surface area contributed by atoms with Gasteiger partial charge in [0.25, 0.3) is 0 Å². The molecule has 4 rings (SSSR count). The number of nitrogens with zero attached hydrogens (tertiary/aromatic N) is 4. The van der Waals surface area contributed by atoms with Gasteiger partial charge in [-0.2, -0.15) is 19.6 Å². The van der Waals surface area contributed by atoms with E-state index < -0.39 is 46.8 Å². The number of nitrogens with one attached hydrogen (secondary N) is 3. The Morgan fingerprint density at radius 3 is 0.887 bits per heavy atom. The second kappa shape index (κ2) is 15.3. The first kappa shape index (κ1) is 40.4. The first-order chi connectivity index (χ1) is 24.4. The summed E-state index contributed by atoms with van der Waals surface area (Å²) in [6.07, 6.45) is -2.32. The van der Waals surface area contributed by atoms with Crippen molar-refractivity contribution in [3.05, 3.63) is 48.5 Å². The Kier molecular flexibility index (Phi) is 11.7. The van der Waals surface area contributed by atoms with Gasteiger partial charge in [-0.3, -0.25) is 0 Å². The summed E-state index contributed by atoms with van der Waals surface area (Å²) in [4.78, 5) is 64.3. The normalized spacial score (nSPS) is 15.3. The summed E-state index contributed by atoms with van der Waals surface area (Å²) in [6.45, 7) is 22.3. The van der Waals surface area contributed by atoms with E-state index in [0.717, 1.165) is 11.4 Å². The SMILES string of the molecule is CC(C)(C)OC(=O)N1CCN(C(=O)OC(C)(C)C)C1=[NH+]c1ccc(Nc2ccc([NH+]=C3N(C(=O)OC(C)(C)C)CCN3C(=O)OC(C)(C)C)cc2)cc1. The average Bonchev–Trinajstić information content (AvgIpc) is 3.60. The van der Waals surface area contributed by atoms with Crippen LogP contribution in [-0.4, -0.2) is 104 Å². The highest BCUT2D eigenvalue weighted by Gasteiger charge is 2.48. The first-order valence-corrected chi connectivity index (χ1v) is 17.6. The van der Waals surface area contributed by atoms with Crippen molar-refractivity contribution in [1.82, 2.24) is 19.6 Å². The quantitative estimate of drug-likeness (QED) is 0.383. The molecule has 15 heteroatoms. The molecule has 0 unspecified atom stereocenters. The van der Waals surface area contributed by atoms with Crippen LogP contribution in [0.2, 0.25) is 0 Å². The van der Waals surface area contributed by atoms with Gasteiger partial charge in [0.05, 0.1) is 11.4 Å². The molecule has 15 nitrogen and oxygen atoms in total. The van der Waals surface area contributed by atoms with Crippen LogP contribution in [0.4, 0.5) is 41.9 Å². The molecule has 0 atom stereocenters. The van der Waals surface area contributed by atoms with Gasteiger partial charge in [-0.05, 0) is 132 Å². The molecule has 2 saturated heterocycles. The van der Waals surface area contributed by atoms with Crippen molar-refractivity contribution in [2.45, 2.75) is 105 Å². The molecule has 2 heterocycles.